The van der Waals surface area contributed by atoms with E-state index in [0.717, 1.165) is 30.6 Å². The number of aliphatic hydroxyl groups excluding tert-OH is 1. The lowest BCUT2D eigenvalue weighted by molar-refractivity contribution is 0.286. The minimum Gasteiger partial charge on any atom is -0.507 e. The standard InChI is InChI=1S/C18H21N7O2.2ClH/c26-6-4-19-14-3-5-25(11-14)18-20-10-16(23-24-18)15-2-1-12(7-17(15)27)13-8-21-22-9-13;;/h1-2,7-10,14,19,26-27H,3-6,11H2,(H,21,22);2*1H. The lowest BCUT2D eigenvalue weighted by atomic mass is 10.0. The van der Waals surface area contributed by atoms with E-state index < -0.39 is 0 Å². The van der Waals surface area contributed by atoms with E-state index in [1.54, 1.807) is 30.7 Å². The van der Waals surface area contributed by atoms with Crippen molar-refractivity contribution in [1.29, 1.82) is 0 Å². The highest BCUT2D eigenvalue weighted by Crippen LogP contribution is 2.32. The van der Waals surface area contributed by atoms with Gasteiger partial charge in [0.2, 0.25) is 5.95 Å². The highest BCUT2D eigenvalue weighted by molar-refractivity contribution is 5.85. The molecule has 29 heavy (non-hydrogen) atoms. The number of aliphatic hydroxyl groups is 1. The average molecular weight is 440 g/mol. The maximum Gasteiger partial charge on any atom is 0.245 e. The first kappa shape index (κ1) is 22.8. The fourth-order valence-corrected chi connectivity index (χ4v) is 3.25. The van der Waals surface area contributed by atoms with E-state index in [2.05, 4.69) is 35.6 Å². The van der Waals surface area contributed by atoms with E-state index in [0.29, 0.717) is 29.8 Å². The highest BCUT2D eigenvalue weighted by atomic mass is 35.5. The number of nitrogens with one attached hydrogen (secondary N) is 2. The van der Waals surface area contributed by atoms with Crippen LogP contribution in [0.15, 0.2) is 36.8 Å². The van der Waals surface area contributed by atoms with Gasteiger partial charge < -0.3 is 20.4 Å². The first-order valence-corrected chi connectivity index (χ1v) is 8.86. The summed E-state index contributed by atoms with van der Waals surface area (Å²) in [5.74, 6) is 0.688. The van der Waals surface area contributed by atoms with E-state index in [1.807, 2.05) is 6.07 Å². The van der Waals surface area contributed by atoms with Gasteiger partial charge in [0.1, 0.15) is 11.4 Å². The molecule has 4 N–H and O–H groups in total. The van der Waals surface area contributed by atoms with Gasteiger partial charge in [-0.3, -0.25) is 5.10 Å². The number of nitrogens with zero attached hydrogens (tertiary/aromatic N) is 5. The molecule has 0 amide bonds. The third kappa shape index (κ3) is 5.13. The van der Waals surface area contributed by atoms with Crippen LogP contribution in [-0.2, 0) is 0 Å². The molecule has 0 saturated carbocycles. The molecule has 0 aliphatic carbocycles. The molecule has 2 aromatic heterocycles. The molecule has 0 spiro atoms. The number of aromatic amines is 1. The van der Waals surface area contributed by atoms with Crippen molar-refractivity contribution in [1.82, 2.24) is 30.7 Å². The monoisotopic (exact) mass is 439 g/mol. The molecule has 4 rings (SSSR count). The third-order valence-corrected chi connectivity index (χ3v) is 4.67. The molecule has 1 unspecified atom stereocenters. The number of aromatic hydroxyl groups is 1. The van der Waals surface area contributed by atoms with Crippen LogP contribution in [0.5, 0.6) is 5.75 Å². The minimum absolute atomic E-state index is 0. The fourth-order valence-electron chi connectivity index (χ4n) is 3.25. The molecule has 1 saturated heterocycles. The Kier molecular flexibility index (Phi) is 8.15. The lowest BCUT2D eigenvalue weighted by Gasteiger charge is -2.16. The Morgan fingerprint density at radius 1 is 1.17 bits per heavy atom. The second kappa shape index (κ2) is 10.4. The molecule has 9 nitrogen and oxygen atoms in total. The van der Waals surface area contributed by atoms with Gasteiger partial charge in [-0.2, -0.15) is 5.10 Å². The van der Waals surface area contributed by atoms with Crippen LogP contribution < -0.4 is 10.2 Å². The Balaban J connectivity index is 0.00000150. The highest BCUT2D eigenvalue weighted by Gasteiger charge is 2.24. The Labute approximate surface area is 180 Å². The third-order valence-electron chi connectivity index (χ3n) is 4.67. The van der Waals surface area contributed by atoms with Gasteiger partial charge in [0, 0.05) is 43.0 Å². The zero-order valence-electron chi connectivity index (χ0n) is 15.5. The van der Waals surface area contributed by atoms with E-state index in [4.69, 9.17) is 5.11 Å². The average Bonchev–Trinajstić information content (AvgIpc) is 3.39. The van der Waals surface area contributed by atoms with Crippen molar-refractivity contribution in [2.75, 3.05) is 31.1 Å². The quantitative estimate of drug-likeness (QED) is 0.456. The summed E-state index contributed by atoms with van der Waals surface area (Å²) in [6, 6.07) is 5.69. The molecule has 1 aliphatic rings. The van der Waals surface area contributed by atoms with Crippen LogP contribution in [0, 0.1) is 0 Å². The topological polar surface area (TPSA) is 123 Å². The van der Waals surface area contributed by atoms with Gasteiger partial charge in [0.25, 0.3) is 0 Å². The molecule has 0 radical (unpaired) electrons. The van der Waals surface area contributed by atoms with Crippen LogP contribution >= 0.6 is 24.8 Å². The maximum atomic E-state index is 10.4. The van der Waals surface area contributed by atoms with Crippen LogP contribution in [-0.4, -0.2) is 67.9 Å². The smallest absolute Gasteiger partial charge is 0.245 e. The van der Waals surface area contributed by atoms with Gasteiger partial charge in [-0.25, -0.2) is 4.98 Å². The number of benzene rings is 1. The SMILES string of the molecule is Cl.Cl.OCCNC1CCN(c2ncc(-c3ccc(-c4cn[nH]c4)cc3O)nn2)C1. The van der Waals surface area contributed by atoms with Crippen LogP contribution in [0.1, 0.15) is 6.42 Å². The molecule has 11 heteroatoms. The normalized spacial score (nSPS) is 15.6. The summed E-state index contributed by atoms with van der Waals surface area (Å²) in [6.07, 6.45) is 6.07. The van der Waals surface area contributed by atoms with Gasteiger partial charge in [0.05, 0.1) is 19.0 Å². The summed E-state index contributed by atoms with van der Waals surface area (Å²) < 4.78 is 0. The number of halogens is 2. The van der Waals surface area contributed by atoms with E-state index in [-0.39, 0.29) is 37.2 Å². The molecule has 156 valence electrons. The molecule has 1 fully saturated rings. The first-order chi connectivity index (χ1) is 13.2. The molecule has 1 aromatic carbocycles. The molecule has 3 heterocycles. The minimum atomic E-state index is 0. The maximum absolute atomic E-state index is 10.4. The van der Waals surface area contributed by atoms with Crippen molar-refractivity contribution in [3.8, 4) is 28.1 Å². The molecule has 3 aromatic rings. The summed E-state index contributed by atoms with van der Waals surface area (Å²) in [4.78, 5) is 6.48. The summed E-state index contributed by atoms with van der Waals surface area (Å²) in [5, 5.41) is 37.7. The lowest BCUT2D eigenvalue weighted by Crippen LogP contribution is -2.34. The summed E-state index contributed by atoms with van der Waals surface area (Å²) in [5.41, 5.74) is 2.86. The van der Waals surface area contributed by atoms with Gasteiger partial charge >= 0.3 is 0 Å². The van der Waals surface area contributed by atoms with Crippen molar-refractivity contribution in [2.45, 2.75) is 12.5 Å². The Hall–Kier alpha value is -2.46. The number of phenols is 1. The zero-order chi connectivity index (χ0) is 18.6. The second-order valence-corrected chi connectivity index (χ2v) is 6.47. The van der Waals surface area contributed by atoms with Crippen molar-refractivity contribution in [2.24, 2.45) is 0 Å². The van der Waals surface area contributed by atoms with Crippen molar-refractivity contribution >= 4 is 30.8 Å². The van der Waals surface area contributed by atoms with Crippen molar-refractivity contribution in [3.63, 3.8) is 0 Å². The van der Waals surface area contributed by atoms with Gasteiger partial charge in [-0.15, -0.1) is 35.0 Å². The van der Waals surface area contributed by atoms with E-state index >= 15 is 0 Å². The van der Waals surface area contributed by atoms with E-state index in [1.165, 1.54) is 0 Å². The number of hydrogen-bond acceptors (Lipinski definition) is 8. The van der Waals surface area contributed by atoms with Crippen LogP contribution in [0.2, 0.25) is 0 Å². The van der Waals surface area contributed by atoms with Gasteiger partial charge in [-0.1, -0.05) is 6.07 Å². The number of H-pyrrole nitrogens is 1. The Morgan fingerprint density at radius 2 is 2.03 bits per heavy atom. The van der Waals surface area contributed by atoms with Crippen molar-refractivity contribution in [3.05, 3.63) is 36.8 Å². The molecule has 0 bridgehead atoms. The largest absolute Gasteiger partial charge is 0.507 e. The van der Waals surface area contributed by atoms with Crippen LogP contribution in [0.3, 0.4) is 0 Å². The number of aromatic nitrogens is 5. The van der Waals surface area contributed by atoms with Gasteiger partial charge in [0.15, 0.2) is 0 Å². The second-order valence-electron chi connectivity index (χ2n) is 6.47. The summed E-state index contributed by atoms with van der Waals surface area (Å²) in [7, 11) is 0. The fraction of sp³-hybridized carbons (Fsp3) is 0.333. The van der Waals surface area contributed by atoms with Gasteiger partial charge in [-0.05, 0) is 24.1 Å². The van der Waals surface area contributed by atoms with Crippen LogP contribution in [0.25, 0.3) is 22.4 Å². The Bertz CT molecular complexity index is 894. The zero-order valence-corrected chi connectivity index (χ0v) is 17.2. The number of hydrogen-bond donors (Lipinski definition) is 4. The predicted molar refractivity (Wildman–Crippen MR) is 115 cm³/mol. The first-order valence-electron chi connectivity index (χ1n) is 8.86. The van der Waals surface area contributed by atoms with E-state index in [9.17, 15) is 5.11 Å². The number of anilines is 1. The molecular formula is C18H23Cl2N7O2. The number of phenolic OH excluding ortho intramolecular Hbond substituents is 1. The molecule has 1 atom stereocenters. The Morgan fingerprint density at radius 3 is 2.69 bits per heavy atom. The van der Waals surface area contributed by atoms with Crippen molar-refractivity contribution < 1.29 is 10.2 Å². The molecular weight excluding hydrogens is 417 g/mol. The predicted octanol–water partition coefficient (Wildman–Crippen LogP) is 1.64. The molecule has 1 aliphatic heterocycles. The summed E-state index contributed by atoms with van der Waals surface area (Å²) >= 11 is 0. The van der Waals surface area contributed by atoms with Crippen LogP contribution in [0.4, 0.5) is 5.95 Å². The number of rotatable bonds is 6. The summed E-state index contributed by atoms with van der Waals surface area (Å²) in [6.45, 7) is 2.34.